The van der Waals surface area contributed by atoms with Crippen LogP contribution in [0.1, 0.15) is 12.0 Å². The van der Waals surface area contributed by atoms with E-state index in [0.29, 0.717) is 17.7 Å². The minimum Gasteiger partial charge on any atom is -0.324 e. The van der Waals surface area contributed by atoms with Gasteiger partial charge in [0, 0.05) is 17.3 Å². The van der Waals surface area contributed by atoms with Crippen LogP contribution in [0.15, 0.2) is 42.5 Å². The number of carbonyl (C=O) groups is 3. The van der Waals surface area contributed by atoms with Gasteiger partial charge in [-0.25, -0.2) is 9.29 Å². The molecular weight excluding hydrogens is 441 g/mol. The molecule has 2 fully saturated rings. The summed E-state index contributed by atoms with van der Waals surface area (Å²) in [4.78, 5) is 41.5. The topological polar surface area (TPSA) is 78.5 Å². The number of para-hydroxylation sites is 1. The van der Waals surface area contributed by atoms with Crippen molar-refractivity contribution >= 4 is 52.5 Å². The molecule has 2 aromatic carbocycles. The fraction of sp³-hybridized carbons (Fsp3) is 0.318. The van der Waals surface area contributed by atoms with Crippen molar-refractivity contribution in [3.63, 3.8) is 0 Å². The van der Waals surface area contributed by atoms with Crippen molar-refractivity contribution in [2.75, 3.05) is 22.2 Å². The molecule has 2 aromatic rings. The number of halogens is 2. The summed E-state index contributed by atoms with van der Waals surface area (Å²) in [7, 11) is 0. The van der Waals surface area contributed by atoms with Gasteiger partial charge in [-0.3, -0.25) is 19.7 Å². The first-order valence-corrected chi connectivity index (χ1v) is 11.7. The number of fused-ring (bicyclic) bond motifs is 4. The number of hydrogen-bond donors (Lipinski definition) is 2. The summed E-state index contributed by atoms with van der Waals surface area (Å²) in [6.07, 6.45) is 2.59. The van der Waals surface area contributed by atoms with Crippen molar-refractivity contribution in [3.05, 3.63) is 58.9 Å². The van der Waals surface area contributed by atoms with Crippen LogP contribution < -0.4 is 15.5 Å². The van der Waals surface area contributed by atoms with E-state index in [1.807, 2.05) is 24.5 Å². The largest absolute Gasteiger partial charge is 0.324 e. The number of imide groups is 1. The molecule has 3 aliphatic rings. The van der Waals surface area contributed by atoms with Crippen molar-refractivity contribution in [3.8, 4) is 0 Å². The van der Waals surface area contributed by atoms with Crippen LogP contribution >= 0.6 is 23.4 Å². The lowest BCUT2D eigenvalue weighted by Crippen LogP contribution is -2.53. The van der Waals surface area contributed by atoms with E-state index in [4.69, 9.17) is 11.6 Å². The van der Waals surface area contributed by atoms with Crippen LogP contribution in [0.5, 0.6) is 0 Å². The average molecular weight is 460 g/mol. The monoisotopic (exact) mass is 459 g/mol. The molecule has 0 radical (unpaired) electrons. The van der Waals surface area contributed by atoms with Crippen LogP contribution in [0.4, 0.5) is 15.8 Å². The van der Waals surface area contributed by atoms with Gasteiger partial charge in [0.1, 0.15) is 11.4 Å². The highest BCUT2D eigenvalue weighted by Gasteiger charge is 2.70. The maximum Gasteiger partial charge on any atom is 0.250 e. The van der Waals surface area contributed by atoms with Gasteiger partial charge < -0.3 is 5.32 Å². The second kappa shape index (κ2) is 7.32. The summed E-state index contributed by atoms with van der Waals surface area (Å²) < 4.78 is 13.7. The van der Waals surface area contributed by atoms with Crippen molar-refractivity contribution in [1.82, 2.24) is 5.32 Å². The highest BCUT2D eigenvalue weighted by Crippen LogP contribution is 2.54. The fourth-order valence-corrected chi connectivity index (χ4v) is 5.79. The molecule has 3 amide bonds. The van der Waals surface area contributed by atoms with Crippen molar-refractivity contribution in [2.24, 2.45) is 11.8 Å². The highest BCUT2D eigenvalue weighted by molar-refractivity contribution is 7.98. The number of benzene rings is 2. The predicted octanol–water partition coefficient (Wildman–Crippen LogP) is 3.16. The van der Waals surface area contributed by atoms with Crippen molar-refractivity contribution < 1.29 is 18.8 Å². The van der Waals surface area contributed by atoms with Crippen LogP contribution in [0, 0.1) is 17.7 Å². The van der Waals surface area contributed by atoms with Crippen molar-refractivity contribution in [1.29, 1.82) is 0 Å². The normalized spacial score (nSPS) is 28.9. The Hall–Kier alpha value is -2.42. The Balaban J connectivity index is 1.65. The fourth-order valence-electron chi connectivity index (χ4n) is 5.13. The molecule has 0 aliphatic carbocycles. The third kappa shape index (κ3) is 2.78. The van der Waals surface area contributed by atoms with E-state index in [0.717, 1.165) is 16.7 Å². The van der Waals surface area contributed by atoms with E-state index in [2.05, 4.69) is 10.6 Å². The van der Waals surface area contributed by atoms with Crippen LogP contribution in [0.2, 0.25) is 5.02 Å². The summed E-state index contributed by atoms with van der Waals surface area (Å²) in [6.45, 7) is 0. The number of anilines is 2. The van der Waals surface area contributed by atoms with Crippen LogP contribution in [0.3, 0.4) is 0 Å². The summed E-state index contributed by atoms with van der Waals surface area (Å²) in [5.41, 5.74) is 0.186. The zero-order valence-corrected chi connectivity index (χ0v) is 18.1. The SMILES string of the molecule is CSCC[C@H]1N[C@]2(C(=O)Nc3ccccc32)[C@H]2C(=O)N(c3ccc(F)c(Cl)c3)C(=O)[C@H]12. The first kappa shape index (κ1) is 20.5. The van der Waals surface area contributed by atoms with E-state index in [1.165, 1.54) is 12.1 Å². The quantitative estimate of drug-likeness (QED) is 0.687. The number of nitrogens with zero attached hydrogens (tertiary/aromatic N) is 1. The minimum absolute atomic E-state index is 0.175. The number of rotatable bonds is 4. The van der Waals surface area contributed by atoms with Crippen molar-refractivity contribution in [2.45, 2.75) is 18.0 Å². The summed E-state index contributed by atoms with van der Waals surface area (Å²) in [6, 6.07) is 10.6. The van der Waals surface area contributed by atoms with Gasteiger partial charge in [0.05, 0.1) is 22.5 Å². The zero-order valence-electron chi connectivity index (χ0n) is 16.5. The number of amides is 3. The molecule has 4 atom stereocenters. The molecule has 3 heterocycles. The summed E-state index contributed by atoms with van der Waals surface area (Å²) in [5, 5.41) is 6.07. The lowest BCUT2D eigenvalue weighted by Gasteiger charge is -2.29. The molecule has 2 saturated heterocycles. The Morgan fingerprint density at radius 3 is 2.68 bits per heavy atom. The summed E-state index contributed by atoms with van der Waals surface area (Å²) in [5.74, 6) is -2.70. The lowest BCUT2D eigenvalue weighted by atomic mass is 9.76. The van der Waals surface area contributed by atoms with E-state index in [-0.39, 0.29) is 22.7 Å². The molecule has 160 valence electrons. The second-order valence-corrected chi connectivity index (χ2v) is 9.35. The smallest absolute Gasteiger partial charge is 0.250 e. The number of hydrogen-bond acceptors (Lipinski definition) is 5. The van der Waals surface area contributed by atoms with Gasteiger partial charge in [-0.05, 0) is 42.7 Å². The third-order valence-corrected chi connectivity index (χ3v) is 7.35. The lowest BCUT2D eigenvalue weighted by molar-refractivity contribution is -0.130. The van der Waals surface area contributed by atoms with Gasteiger partial charge in [0.25, 0.3) is 0 Å². The standard InChI is InChI=1S/C22H19ClFN3O3S/c1-31-9-8-16-17-18(22(26-16)12-4-2-3-5-15(12)25-21(22)30)20(29)27(19(17)28)11-6-7-14(24)13(23)10-11/h2-7,10,16-18,26H,8-9H2,1H3,(H,25,30)/t16-,17-,18-,22+/m1/s1. The Labute approximate surface area is 187 Å². The maximum atomic E-state index is 13.7. The molecule has 6 nitrogen and oxygen atoms in total. The predicted molar refractivity (Wildman–Crippen MR) is 118 cm³/mol. The molecule has 3 aliphatic heterocycles. The van der Waals surface area contributed by atoms with E-state index in [9.17, 15) is 18.8 Å². The molecule has 0 unspecified atom stereocenters. The molecule has 1 spiro atoms. The first-order chi connectivity index (χ1) is 14.9. The van der Waals surface area contributed by atoms with Crippen LogP contribution in [-0.2, 0) is 19.9 Å². The van der Waals surface area contributed by atoms with E-state index >= 15 is 0 Å². The van der Waals surface area contributed by atoms with Crippen LogP contribution in [-0.4, -0.2) is 35.8 Å². The molecule has 2 N–H and O–H groups in total. The van der Waals surface area contributed by atoms with Gasteiger partial charge in [-0.15, -0.1) is 0 Å². The van der Waals surface area contributed by atoms with Gasteiger partial charge >= 0.3 is 0 Å². The minimum atomic E-state index is -1.32. The molecular formula is C22H19ClFN3O3S. The second-order valence-electron chi connectivity index (χ2n) is 7.95. The molecule has 5 rings (SSSR count). The van der Waals surface area contributed by atoms with Gasteiger partial charge in [0.2, 0.25) is 17.7 Å². The molecule has 0 saturated carbocycles. The van der Waals surface area contributed by atoms with E-state index < -0.39 is 35.0 Å². The average Bonchev–Trinajstić information content (AvgIpc) is 3.33. The van der Waals surface area contributed by atoms with Gasteiger partial charge in [0.15, 0.2) is 0 Å². The molecule has 31 heavy (non-hydrogen) atoms. The first-order valence-electron chi connectivity index (χ1n) is 9.90. The molecule has 9 heteroatoms. The number of nitrogens with one attached hydrogen (secondary N) is 2. The third-order valence-electron chi connectivity index (χ3n) is 6.42. The van der Waals surface area contributed by atoms with Gasteiger partial charge in [-0.1, -0.05) is 29.8 Å². The zero-order chi connectivity index (χ0) is 21.9. The Morgan fingerprint density at radius 1 is 1.16 bits per heavy atom. The molecule has 0 aromatic heterocycles. The summed E-state index contributed by atoms with van der Waals surface area (Å²) >= 11 is 7.55. The maximum absolute atomic E-state index is 13.7. The van der Waals surface area contributed by atoms with E-state index in [1.54, 1.807) is 17.8 Å². The van der Waals surface area contributed by atoms with Gasteiger partial charge in [-0.2, -0.15) is 11.8 Å². The Morgan fingerprint density at radius 2 is 1.94 bits per heavy atom. The number of thioether (sulfide) groups is 1. The Bertz CT molecular complexity index is 1130. The van der Waals surface area contributed by atoms with Crippen LogP contribution in [0.25, 0.3) is 0 Å². The highest BCUT2D eigenvalue weighted by atomic mass is 35.5. The molecule has 0 bridgehead atoms. The number of carbonyl (C=O) groups excluding carboxylic acids is 3. The Kier molecular flexibility index (Phi) is 4.84.